The lowest BCUT2D eigenvalue weighted by molar-refractivity contribution is -0.143. The van der Waals surface area contributed by atoms with E-state index in [0.717, 1.165) is 27.5 Å². The van der Waals surface area contributed by atoms with E-state index in [1.807, 2.05) is 37.3 Å². The molecule has 2 aliphatic carbocycles. The zero-order chi connectivity index (χ0) is 28.6. The average molecular weight is 592 g/mol. The lowest BCUT2D eigenvalue weighted by Gasteiger charge is -2.43. The highest BCUT2D eigenvalue weighted by molar-refractivity contribution is 8.00. The number of aromatic amines is 1. The van der Waals surface area contributed by atoms with Crippen molar-refractivity contribution in [1.82, 2.24) is 9.88 Å². The van der Waals surface area contributed by atoms with Crippen LogP contribution in [0.1, 0.15) is 28.3 Å². The number of aromatic nitrogens is 1. The number of H-pyrrole nitrogens is 1. The molecule has 3 aromatic rings. The highest BCUT2D eigenvalue weighted by atomic mass is 32.2. The number of likely N-dealkylation sites (tertiary alicyclic amines) is 1. The predicted octanol–water partition coefficient (Wildman–Crippen LogP) is 3.87. The van der Waals surface area contributed by atoms with E-state index in [9.17, 15) is 19.2 Å². The van der Waals surface area contributed by atoms with Gasteiger partial charge in [-0.3, -0.25) is 24.1 Å². The molecular weight excluding hydrogens is 562 g/mol. The van der Waals surface area contributed by atoms with E-state index in [-0.39, 0.29) is 52.2 Å². The number of anilines is 1. The standard InChI is InChI=1S/C30H29N3O6S2/c1-13-4-7-15(8-5-13)31-20(34)12-33-28(35)23-16-11-17(24(23)29(33)36)25-22(16)21(26-27(40-25)32-30(37)41-26)14-6-9-18(38-2)19(10-14)39-3/h4-10,16-17,21-25H,11-12H2,1-3H3,(H,31,34)(H,32,37)/t16?,17?,21-,22?,23?,24?,25?/m1/s1. The second-order valence-corrected chi connectivity index (χ2v) is 13.5. The summed E-state index contributed by atoms with van der Waals surface area (Å²) in [6, 6.07) is 13.2. The van der Waals surface area contributed by atoms with Gasteiger partial charge in [0, 0.05) is 21.7 Å². The SMILES string of the molecule is COc1ccc([C@H]2c3sc(=O)[nH]c3SC3C4CC(C5C(=O)N(CC(=O)Nc6ccc(C)cc6)C(=O)C45)C32)cc1OC. The van der Waals surface area contributed by atoms with Gasteiger partial charge in [0.15, 0.2) is 11.5 Å². The number of benzene rings is 2. The van der Waals surface area contributed by atoms with Crippen LogP contribution in [0.15, 0.2) is 52.3 Å². The van der Waals surface area contributed by atoms with Gasteiger partial charge < -0.3 is 19.8 Å². The van der Waals surface area contributed by atoms with Crippen LogP contribution in [0.25, 0.3) is 0 Å². The lowest BCUT2D eigenvalue weighted by Crippen LogP contribution is -2.42. The Balaban J connectivity index is 1.20. The molecular formula is C30H29N3O6S2. The highest BCUT2D eigenvalue weighted by Gasteiger charge is 2.69. The van der Waals surface area contributed by atoms with Crippen molar-refractivity contribution in [2.24, 2.45) is 29.6 Å². The molecule has 2 aliphatic heterocycles. The number of ether oxygens (including phenoxy) is 2. The van der Waals surface area contributed by atoms with Crippen molar-refractivity contribution < 1.29 is 23.9 Å². The molecule has 3 heterocycles. The minimum absolute atomic E-state index is 0.0131. The van der Waals surface area contributed by atoms with Crippen LogP contribution in [0.2, 0.25) is 0 Å². The van der Waals surface area contributed by atoms with Crippen molar-refractivity contribution in [2.75, 3.05) is 26.1 Å². The Morgan fingerprint density at radius 1 is 1.00 bits per heavy atom. The van der Waals surface area contributed by atoms with Crippen molar-refractivity contribution in [3.05, 3.63) is 68.1 Å². The summed E-state index contributed by atoms with van der Waals surface area (Å²) >= 11 is 2.85. The maximum absolute atomic E-state index is 13.8. The van der Waals surface area contributed by atoms with Gasteiger partial charge in [0.2, 0.25) is 17.7 Å². The fourth-order valence-electron chi connectivity index (χ4n) is 7.63. The summed E-state index contributed by atoms with van der Waals surface area (Å²) in [4.78, 5) is 57.9. The van der Waals surface area contributed by atoms with E-state index < -0.39 is 17.7 Å². The molecule has 2 N–H and O–H groups in total. The molecule has 2 bridgehead atoms. The molecule has 3 amide bonds. The number of thioether (sulfide) groups is 1. The van der Waals surface area contributed by atoms with Gasteiger partial charge in [-0.25, -0.2) is 0 Å². The quantitative estimate of drug-likeness (QED) is 0.418. The molecule has 7 rings (SSSR count). The molecule has 11 heteroatoms. The first-order valence-corrected chi connectivity index (χ1v) is 15.3. The summed E-state index contributed by atoms with van der Waals surface area (Å²) in [5, 5.41) is 3.72. The molecule has 1 saturated heterocycles. The van der Waals surface area contributed by atoms with Gasteiger partial charge in [0.1, 0.15) is 6.54 Å². The number of hydrogen-bond donors (Lipinski definition) is 2. The van der Waals surface area contributed by atoms with Crippen LogP contribution in [0, 0.1) is 36.5 Å². The fraction of sp³-hybridized carbons (Fsp3) is 0.400. The molecule has 2 aromatic carbocycles. The molecule has 3 fully saturated rings. The maximum atomic E-state index is 13.8. The monoisotopic (exact) mass is 591 g/mol. The number of amides is 3. The molecule has 9 nitrogen and oxygen atoms in total. The van der Waals surface area contributed by atoms with Crippen molar-refractivity contribution in [3.8, 4) is 11.5 Å². The molecule has 41 heavy (non-hydrogen) atoms. The molecule has 2 saturated carbocycles. The summed E-state index contributed by atoms with van der Waals surface area (Å²) in [5.41, 5.74) is 2.69. The summed E-state index contributed by atoms with van der Waals surface area (Å²) < 4.78 is 11.0. The average Bonchev–Trinajstić information content (AvgIpc) is 3.70. The third kappa shape index (κ3) is 4.04. The van der Waals surface area contributed by atoms with Crippen LogP contribution in [0.5, 0.6) is 11.5 Å². The molecule has 1 aromatic heterocycles. The normalized spacial score (nSPS) is 29.2. The van der Waals surface area contributed by atoms with Gasteiger partial charge in [-0.05, 0) is 60.9 Å². The Hall–Kier alpha value is -3.57. The van der Waals surface area contributed by atoms with E-state index in [2.05, 4.69) is 10.3 Å². The maximum Gasteiger partial charge on any atom is 0.305 e. The number of carbonyl (C=O) groups excluding carboxylic acids is 3. The number of rotatable bonds is 6. The third-order valence-corrected chi connectivity index (χ3v) is 11.8. The Labute approximate surface area is 244 Å². The first-order chi connectivity index (χ1) is 19.8. The van der Waals surface area contributed by atoms with E-state index in [1.165, 1.54) is 16.2 Å². The highest BCUT2D eigenvalue weighted by Crippen LogP contribution is 2.68. The van der Waals surface area contributed by atoms with E-state index >= 15 is 0 Å². The Kier molecular flexibility index (Phi) is 6.27. The van der Waals surface area contributed by atoms with Gasteiger partial charge in [-0.1, -0.05) is 35.1 Å². The minimum atomic E-state index is -0.457. The number of carbonyl (C=O) groups is 3. The number of imide groups is 1. The first-order valence-electron chi connectivity index (χ1n) is 13.6. The van der Waals surface area contributed by atoms with E-state index in [4.69, 9.17) is 9.47 Å². The second kappa shape index (κ2) is 9.77. The summed E-state index contributed by atoms with van der Waals surface area (Å²) in [6.07, 6.45) is 0.779. The molecule has 4 aliphatic rings. The molecule has 6 unspecified atom stereocenters. The second-order valence-electron chi connectivity index (χ2n) is 11.3. The van der Waals surface area contributed by atoms with E-state index in [0.29, 0.717) is 17.2 Å². The molecule has 7 atom stereocenters. The topological polar surface area (TPSA) is 118 Å². The predicted molar refractivity (Wildman–Crippen MR) is 155 cm³/mol. The van der Waals surface area contributed by atoms with Gasteiger partial charge in [0.05, 0.1) is 31.1 Å². The van der Waals surface area contributed by atoms with Gasteiger partial charge in [0.25, 0.3) is 0 Å². The van der Waals surface area contributed by atoms with Crippen LogP contribution < -0.4 is 19.7 Å². The van der Waals surface area contributed by atoms with Gasteiger partial charge in [-0.15, -0.1) is 11.8 Å². The summed E-state index contributed by atoms with van der Waals surface area (Å²) in [7, 11) is 3.18. The van der Waals surface area contributed by atoms with Gasteiger partial charge in [-0.2, -0.15) is 0 Å². The van der Waals surface area contributed by atoms with Crippen LogP contribution in [-0.2, 0) is 14.4 Å². The minimum Gasteiger partial charge on any atom is -0.493 e. The van der Waals surface area contributed by atoms with Crippen LogP contribution in [0.4, 0.5) is 5.69 Å². The van der Waals surface area contributed by atoms with Crippen molar-refractivity contribution in [2.45, 2.75) is 29.5 Å². The summed E-state index contributed by atoms with van der Waals surface area (Å²) in [6.45, 7) is 1.67. The lowest BCUT2D eigenvalue weighted by atomic mass is 9.68. The number of fused-ring (bicyclic) bond motifs is 9. The molecule has 0 radical (unpaired) electrons. The zero-order valence-corrected chi connectivity index (χ0v) is 24.3. The van der Waals surface area contributed by atoms with Gasteiger partial charge >= 0.3 is 4.87 Å². The Morgan fingerprint density at radius 2 is 1.71 bits per heavy atom. The Morgan fingerprint density at radius 3 is 2.41 bits per heavy atom. The molecule has 0 spiro atoms. The Bertz CT molecular complexity index is 1630. The van der Waals surface area contributed by atoms with E-state index in [1.54, 1.807) is 38.1 Å². The zero-order valence-electron chi connectivity index (χ0n) is 22.7. The largest absolute Gasteiger partial charge is 0.493 e. The molecule has 212 valence electrons. The summed E-state index contributed by atoms with van der Waals surface area (Å²) in [5.74, 6) is -0.697. The van der Waals surface area contributed by atoms with Crippen LogP contribution >= 0.6 is 23.1 Å². The number of nitrogens with zero attached hydrogens (tertiary/aromatic N) is 1. The number of nitrogens with one attached hydrogen (secondary N) is 2. The first kappa shape index (κ1) is 26.3. The number of methoxy groups -OCH3 is 2. The fourth-order valence-corrected chi connectivity index (χ4v) is 10.5. The van der Waals surface area contributed by atoms with Crippen molar-refractivity contribution >= 4 is 46.5 Å². The third-order valence-electron chi connectivity index (χ3n) is 9.22. The number of hydrogen-bond acceptors (Lipinski definition) is 8. The van der Waals surface area contributed by atoms with Crippen LogP contribution in [0.3, 0.4) is 0 Å². The number of thiazole rings is 1. The smallest absolute Gasteiger partial charge is 0.305 e. The van der Waals surface area contributed by atoms with Crippen molar-refractivity contribution in [1.29, 1.82) is 0 Å². The van der Waals surface area contributed by atoms with Crippen molar-refractivity contribution in [3.63, 3.8) is 0 Å². The van der Waals surface area contributed by atoms with Crippen LogP contribution in [-0.4, -0.2) is 53.6 Å². The number of aryl methyl sites for hydroxylation is 1.